The number of hydrogen-bond acceptors (Lipinski definition) is 3. The summed E-state index contributed by atoms with van der Waals surface area (Å²) >= 11 is 0. The average molecular weight is 222 g/mol. The number of carbonyl (C=O) groups is 1. The zero-order valence-electron chi connectivity index (χ0n) is 9.86. The van der Waals surface area contributed by atoms with Crippen molar-refractivity contribution in [1.29, 1.82) is 0 Å². The molecule has 0 aromatic heterocycles. The van der Waals surface area contributed by atoms with Gasteiger partial charge < -0.3 is 14.3 Å². The normalized spacial score (nSPS) is 9.88. The molecule has 0 fully saturated rings. The lowest BCUT2D eigenvalue weighted by Crippen LogP contribution is -2.00. The van der Waals surface area contributed by atoms with E-state index in [0.29, 0.717) is 19.6 Å². The van der Waals surface area contributed by atoms with E-state index in [4.69, 9.17) is 9.47 Å². The van der Waals surface area contributed by atoms with Gasteiger partial charge in [-0.3, -0.25) is 0 Å². The third kappa shape index (κ3) is 3.57. The number of benzene rings is 1. The van der Waals surface area contributed by atoms with E-state index in [2.05, 4.69) is 6.92 Å². The van der Waals surface area contributed by atoms with E-state index in [9.17, 15) is 4.79 Å². The molecule has 0 saturated carbocycles. The van der Waals surface area contributed by atoms with Gasteiger partial charge in [-0.25, -0.2) is 0 Å². The van der Waals surface area contributed by atoms with Crippen molar-refractivity contribution in [2.24, 2.45) is 0 Å². The first-order chi connectivity index (χ1) is 7.81. The molecule has 0 radical (unpaired) electrons. The maximum absolute atomic E-state index is 10.4. The summed E-state index contributed by atoms with van der Waals surface area (Å²) in [6.45, 7) is 5.25. The lowest BCUT2D eigenvalue weighted by Gasteiger charge is -2.12. The largest absolute Gasteiger partial charge is 0.490 e. The first-order valence-corrected chi connectivity index (χ1v) is 5.64. The average Bonchev–Trinajstić information content (AvgIpc) is 2.29. The van der Waals surface area contributed by atoms with Gasteiger partial charge in [0.2, 0.25) is 0 Å². The third-order valence-corrected chi connectivity index (χ3v) is 2.09. The van der Waals surface area contributed by atoms with Crippen LogP contribution in [0, 0.1) is 0 Å². The molecule has 1 rings (SSSR count). The Morgan fingerprint density at radius 3 is 2.62 bits per heavy atom. The van der Waals surface area contributed by atoms with Gasteiger partial charge in [0.1, 0.15) is 6.29 Å². The molecule has 0 spiro atoms. The molecule has 1 aromatic rings. The summed E-state index contributed by atoms with van der Waals surface area (Å²) in [5, 5.41) is 0. The van der Waals surface area contributed by atoms with E-state index >= 15 is 0 Å². The van der Waals surface area contributed by atoms with Crippen molar-refractivity contribution in [2.75, 3.05) is 13.2 Å². The van der Waals surface area contributed by atoms with Gasteiger partial charge >= 0.3 is 0 Å². The monoisotopic (exact) mass is 222 g/mol. The molecule has 0 aliphatic carbocycles. The van der Waals surface area contributed by atoms with Crippen LogP contribution < -0.4 is 9.47 Å². The van der Waals surface area contributed by atoms with E-state index in [1.807, 2.05) is 25.1 Å². The Balaban J connectivity index is 2.84. The molecule has 0 amide bonds. The fourth-order valence-electron chi connectivity index (χ4n) is 1.38. The molecule has 0 N–H and O–H groups in total. The Labute approximate surface area is 96.4 Å². The lowest BCUT2D eigenvalue weighted by atomic mass is 10.1. The Bertz CT molecular complexity index is 334. The molecule has 16 heavy (non-hydrogen) atoms. The summed E-state index contributed by atoms with van der Waals surface area (Å²) in [5.74, 6) is 1.47. The third-order valence-electron chi connectivity index (χ3n) is 2.09. The summed E-state index contributed by atoms with van der Waals surface area (Å²) < 4.78 is 11.0. The van der Waals surface area contributed by atoms with Crippen LogP contribution in [0.25, 0.3) is 0 Å². The molecule has 0 aliphatic rings. The molecule has 0 saturated heterocycles. The van der Waals surface area contributed by atoms with E-state index in [1.165, 1.54) is 0 Å². The molecule has 0 bridgehead atoms. The quantitative estimate of drug-likeness (QED) is 0.665. The smallest absolute Gasteiger partial charge is 0.161 e. The minimum absolute atomic E-state index is 0.411. The molecule has 0 unspecified atom stereocenters. The maximum atomic E-state index is 10.4. The number of hydrogen-bond donors (Lipinski definition) is 0. The van der Waals surface area contributed by atoms with Gasteiger partial charge in [0.05, 0.1) is 13.2 Å². The highest BCUT2D eigenvalue weighted by Crippen LogP contribution is 2.28. The van der Waals surface area contributed by atoms with Crippen LogP contribution in [-0.4, -0.2) is 19.5 Å². The fraction of sp³-hybridized carbons (Fsp3) is 0.462. The van der Waals surface area contributed by atoms with E-state index < -0.39 is 0 Å². The Hall–Kier alpha value is -1.51. The van der Waals surface area contributed by atoms with Crippen molar-refractivity contribution in [3.05, 3.63) is 23.8 Å². The summed E-state index contributed by atoms with van der Waals surface area (Å²) in [5.41, 5.74) is 0.947. The fourth-order valence-corrected chi connectivity index (χ4v) is 1.38. The van der Waals surface area contributed by atoms with Crippen LogP contribution >= 0.6 is 0 Å². The van der Waals surface area contributed by atoms with Crippen LogP contribution in [0.3, 0.4) is 0 Å². The van der Waals surface area contributed by atoms with Crippen molar-refractivity contribution in [2.45, 2.75) is 26.7 Å². The molecule has 3 nitrogen and oxygen atoms in total. The molecule has 88 valence electrons. The van der Waals surface area contributed by atoms with Crippen LogP contribution in [0.1, 0.15) is 25.8 Å². The minimum Gasteiger partial charge on any atom is -0.490 e. The van der Waals surface area contributed by atoms with Crippen molar-refractivity contribution in [3.63, 3.8) is 0 Å². The number of ether oxygens (including phenoxy) is 2. The van der Waals surface area contributed by atoms with E-state index in [-0.39, 0.29) is 0 Å². The van der Waals surface area contributed by atoms with Gasteiger partial charge in [-0.15, -0.1) is 0 Å². The molecule has 0 aliphatic heterocycles. The van der Waals surface area contributed by atoms with Crippen LogP contribution in [-0.2, 0) is 11.2 Å². The van der Waals surface area contributed by atoms with Crippen LogP contribution in [0.2, 0.25) is 0 Å². The zero-order valence-corrected chi connectivity index (χ0v) is 9.86. The van der Waals surface area contributed by atoms with Crippen molar-refractivity contribution in [3.8, 4) is 11.5 Å². The first-order valence-electron chi connectivity index (χ1n) is 5.64. The number of aldehydes is 1. The minimum atomic E-state index is 0.411. The van der Waals surface area contributed by atoms with Gasteiger partial charge in [0.25, 0.3) is 0 Å². The SMILES string of the molecule is CCCOc1ccc(CC=O)cc1OCC. The first kappa shape index (κ1) is 12.6. The second-order valence-corrected chi connectivity index (χ2v) is 3.43. The summed E-state index contributed by atoms with van der Waals surface area (Å²) in [7, 11) is 0. The summed E-state index contributed by atoms with van der Waals surface area (Å²) in [6, 6.07) is 5.62. The highest BCUT2D eigenvalue weighted by atomic mass is 16.5. The lowest BCUT2D eigenvalue weighted by molar-refractivity contribution is -0.107. The Morgan fingerprint density at radius 2 is 2.00 bits per heavy atom. The van der Waals surface area contributed by atoms with Crippen molar-refractivity contribution < 1.29 is 14.3 Å². The van der Waals surface area contributed by atoms with Gasteiger partial charge in [-0.05, 0) is 31.0 Å². The van der Waals surface area contributed by atoms with Crippen molar-refractivity contribution in [1.82, 2.24) is 0 Å². The molecule has 3 heteroatoms. The highest BCUT2D eigenvalue weighted by molar-refractivity contribution is 5.56. The standard InChI is InChI=1S/C13H18O3/c1-3-9-16-12-6-5-11(7-8-14)10-13(12)15-4-2/h5-6,8,10H,3-4,7,9H2,1-2H3. The van der Waals surface area contributed by atoms with Crippen molar-refractivity contribution >= 4 is 6.29 Å². The van der Waals surface area contributed by atoms with Crippen LogP contribution in [0.5, 0.6) is 11.5 Å². The maximum Gasteiger partial charge on any atom is 0.161 e. The second-order valence-electron chi connectivity index (χ2n) is 3.43. The van der Waals surface area contributed by atoms with Gasteiger partial charge in [-0.2, -0.15) is 0 Å². The highest BCUT2D eigenvalue weighted by Gasteiger charge is 2.05. The van der Waals surface area contributed by atoms with Crippen LogP contribution in [0.15, 0.2) is 18.2 Å². The molecule has 1 aromatic carbocycles. The number of carbonyl (C=O) groups excluding carboxylic acids is 1. The summed E-state index contributed by atoms with van der Waals surface area (Å²) in [4.78, 5) is 10.4. The van der Waals surface area contributed by atoms with Gasteiger partial charge in [-0.1, -0.05) is 13.0 Å². The molecule has 0 heterocycles. The Kier molecular flexibility index (Phi) is 5.40. The van der Waals surface area contributed by atoms with Gasteiger partial charge in [0.15, 0.2) is 11.5 Å². The molecule has 0 atom stereocenters. The van der Waals surface area contributed by atoms with E-state index in [0.717, 1.165) is 29.8 Å². The predicted octanol–water partition coefficient (Wildman–Crippen LogP) is 2.62. The predicted molar refractivity (Wildman–Crippen MR) is 63.2 cm³/mol. The second kappa shape index (κ2) is 6.88. The number of rotatable bonds is 7. The van der Waals surface area contributed by atoms with Gasteiger partial charge in [0, 0.05) is 6.42 Å². The molecular weight excluding hydrogens is 204 g/mol. The van der Waals surface area contributed by atoms with Crippen LogP contribution in [0.4, 0.5) is 0 Å². The zero-order chi connectivity index (χ0) is 11.8. The topological polar surface area (TPSA) is 35.5 Å². The Morgan fingerprint density at radius 1 is 1.19 bits per heavy atom. The van der Waals surface area contributed by atoms with E-state index in [1.54, 1.807) is 0 Å². The molecular formula is C13H18O3. The summed E-state index contributed by atoms with van der Waals surface area (Å²) in [6.07, 6.45) is 2.26.